The van der Waals surface area contributed by atoms with Gasteiger partial charge in [-0.15, -0.1) is 13.2 Å². The number of benzene rings is 2. The number of nitrogens with zero attached hydrogens (tertiary/aromatic N) is 1. The molecule has 0 saturated carbocycles. The number of hydrogen-bond donors (Lipinski definition) is 1. The molecular weight excluding hydrogens is 401 g/mol. The van der Waals surface area contributed by atoms with Crippen LogP contribution in [0.25, 0.3) is 0 Å². The Morgan fingerprint density at radius 2 is 1.83 bits per heavy atom. The SMILES string of the molecule is Cc1noc(C)c1COc1ccc(CC(=O)Nc2cccc(OC(F)(F)F)c2)cc1. The fourth-order valence-electron chi connectivity index (χ4n) is 2.73. The number of hydrogen-bond acceptors (Lipinski definition) is 5. The number of carbonyl (C=O) groups is 1. The quantitative estimate of drug-likeness (QED) is 0.586. The molecule has 1 amide bonds. The Kier molecular flexibility index (Phi) is 6.29. The molecule has 158 valence electrons. The fraction of sp³-hybridized carbons (Fsp3) is 0.238. The van der Waals surface area contributed by atoms with Crippen molar-refractivity contribution in [1.29, 1.82) is 0 Å². The van der Waals surface area contributed by atoms with Gasteiger partial charge in [-0.05, 0) is 43.7 Å². The first-order valence-corrected chi connectivity index (χ1v) is 8.99. The minimum atomic E-state index is -4.79. The predicted octanol–water partition coefficient (Wildman–Crippen LogP) is 4.95. The van der Waals surface area contributed by atoms with Crippen LogP contribution in [0.15, 0.2) is 53.1 Å². The minimum Gasteiger partial charge on any atom is -0.489 e. The lowest BCUT2D eigenvalue weighted by molar-refractivity contribution is -0.274. The largest absolute Gasteiger partial charge is 0.573 e. The number of aromatic nitrogens is 1. The molecule has 6 nitrogen and oxygen atoms in total. The third-order valence-electron chi connectivity index (χ3n) is 4.20. The lowest BCUT2D eigenvalue weighted by Crippen LogP contribution is -2.18. The van der Waals surface area contributed by atoms with Crippen molar-refractivity contribution in [3.05, 3.63) is 71.1 Å². The average Bonchev–Trinajstić information content (AvgIpc) is 2.98. The van der Waals surface area contributed by atoms with Gasteiger partial charge in [-0.1, -0.05) is 23.4 Å². The first-order chi connectivity index (χ1) is 14.2. The van der Waals surface area contributed by atoms with E-state index in [1.165, 1.54) is 12.1 Å². The molecule has 0 saturated heterocycles. The van der Waals surface area contributed by atoms with Crippen molar-refractivity contribution in [1.82, 2.24) is 5.16 Å². The summed E-state index contributed by atoms with van der Waals surface area (Å²) in [5.41, 5.74) is 2.58. The summed E-state index contributed by atoms with van der Waals surface area (Å²) in [4.78, 5) is 12.2. The maximum absolute atomic E-state index is 12.3. The van der Waals surface area contributed by atoms with Crippen LogP contribution in [0.4, 0.5) is 18.9 Å². The smallest absolute Gasteiger partial charge is 0.489 e. The summed E-state index contributed by atoms with van der Waals surface area (Å²) in [5.74, 6) is 0.547. The summed E-state index contributed by atoms with van der Waals surface area (Å²) in [6.45, 7) is 3.96. The van der Waals surface area contributed by atoms with Crippen molar-refractivity contribution >= 4 is 11.6 Å². The number of ether oxygens (including phenoxy) is 2. The van der Waals surface area contributed by atoms with E-state index >= 15 is 0 Å². The van der Waals surface area contributed by atoms with Gasteiger partial charge in [0.1, 0.15) is 23.9 Å². The molecule has 9 heteroatoms. The van der Waals surface area contributed by atoms with Gasteiger partial charge in [-0.3, -0.25) is 4.79 Å². The molecule has 0 bridgehead atoms. The molecular formula is C21H19F3N2O4. The van der Waals surface area contributed by atoms with Crippen LogP contribution in [0.5, 0.6) is 11.5 Å². The predicted molar refractivity (Wildman–Crippen MR) is 102 cm³/mol. The van der Waals surface area contributed by atoms with Crippen LogP contribution in [0.1, 0.15) is 22.6 Å². The Bertz CT molecular complexity index is 994. The number of aryl methyl sites for hydroxylation is 2. The van der Waals surface area contributed by atoms with E-state index in [0.717, 1.165) is 29.0 Å². The summed E-state index contributed by atoms with van der Waals surface area (Å²) in [7, 11) is 0. The van der Waals surface area contributed by atoms with Crippen molar-refractivity contribution in [2.24, 2.45) is 0 Å². The van der Waals surface area contributed by atoms with Gasteiger partial charge in [-0.2, -0.15) is 0 Å². The average molecular weight is 420 g/mol. The first-order valence-electron chi connectivity index (χ1n) is 8.99. The number of amides is 1. The van der Waals surface area contributed by atoms with Crippen LogP contribution in [-0.4, -0.2) is 17.4 Å². The summed E-state index contributed by atoms with van der Waals surface area (Å²) in [6.07, 6.45) is -4.74. The van der Waals surface area contributed by atoms with E-state index in [0.29, 0.717) is 18.1 Å². The van der Waals surface area contributed by atoms with E-state index in [1.807, 2.05) is 13.8 Å². The summed E-state index contributed by atoms with van der Waals surface area (Å²) < 4.78 is 51.6. The van der Waals surface area contributed by atoms with Gasteiger partial charge in [0, 0.05) is 11.8 Å². The van der Waals surface area contributed by atoms with Crippen LogP contribution in [0.2, 0.25) is 0 Å². The second kappa shape index (κ2) is 8.89. The Morgan fingerprint density at radius 3 is 2.47 bits per heavy atom. The fourth-order valence-corrected chi connectivity index (χ4v) is 2.73. The molecule has 1 aromatic heterocycles. The Morgan fingerprint density at radius 1 is 1.10 bits per heavy atom. The number of nitrogens with one attached hydrogen (secondary N) is 1. The second-order valence-electron chi connectivity index (χ2n) is 6.54. The minimum absolute atomic E-state index is 0.0501. The monoisotopic (exact) mass is 420 g/mol. The second-order valence-corrected chi connectivity index (χ2v) is 6.54. The van der Waals surface area contributed by atoms with Gasteiger partial charge in [0.25, 0.3) is 0 Å². The molecule has 0 unspecified atom stereocenters. The van der Waals surface area contributed by atoms with E-state index in [4.69, 9.17) is 9.26 Å². The lowest BCUT2D eigenvalue weighted by Gasteiger charge is -2.11. The third-order valence-corrected chi connectivity index (χ3v) is 4.20. The number of carbonyl (C=O) groups excluding carboxylic acids is 1. The van der Waals surface area contributed by atoms with Crippen molar-refractivity contribution in [3.8, 4) is 11.5 Å². The van der Waals surface area contributed by atoms with E-state index < -0.39 is 12.1 Å². The van der Waals surface area contributed by atoms with Gasteiger partial charge in [0.05, 0.1) is 17.7 Å². The van der Waals surface area contributed by atoms with Crippen LogP contribution < -0.4 is 14.8 Å². The van der Waals surface area contributed by atoms with Crippen molar-refractivity contribution in [3.63, 3.8) is 0 Å². The molecule has 0 spiro atoms. The molecule has 0 aliphatic carbocycles. The molecule has 0 radical (unpaired) electrons. The van der Waals surface area contributed by atoms with Crippen LogP contribution in [-0.2, 0) is 17.8 Å². The number of halogens is 3. The zero-order valence-corrected chi connectivity index (χ0v) is 16.2. The van der Waals surface area contributed by atoms with Gasteiger partial charge in [0.2, 0.25) is 5.91 Å². The molecule has 0 aliphatic heterocycles. The Balaban J connectivity index is 1.54. The lowest BCUT2D eigenvalue weighted by atomic mass is 10.1. The number of alkyl halides is 3. The van der Waals surface area contributed by atoms with Gasteiger partial charge in [0.15, 0.2) is 0 Å². The zero-order valence-electron chi connectivity index (χ0n) is 16.2. The van der Waals surface area contributed by atoms with Gasteiger partial charge in [-0.25, -0.2) is 0 Å². The zero-order chi connectivity index (χ0) is 21.7. The first kappa shape index (κ1) is 21.2. The van der Waals surface area contributed by atoms with Gasteiger partial charge >= 0.3 is 6.36 Å². The molecule has 3 rings (SSSR count). The van der Waals surface area contributed by atoms with E-state index in [2.05, 4.69) is 15.2 Å². The Labute approximate surface area is 170 Å². The molecule has 0 aliphatic rings. The van der Waals surface area contributed by atoms with E-state index in [9.17, 15) is 18.0 Å². The molecule has 0 fully saturated rings. The highest BCUT2D eigenvalue weighted by Gasteiger charge is 2.31. The van der Waals surface area contributed by atoms with Crippen molar-refractivity contribution in [2.45, 2.75) is 33.2 Å². The van der Waals surface area contributed by atoms with Crippen molar-refractivity contribution < 1.29 is 32.0 Å². The van der Waals surface area contributed by atoms with Crippen LogP contribution in [0, 0.1) is 13.8 Å². The highest BCUT2D eigenvalue weighted by atomic mass is 19.4. The van der Waals surface area contributed by atoms with Crippen LogP contribution in [0.3, 0.4) is 0 Å². The highest BCUT2D eigenvalue weighted by Crippen LogP contribution is 2.25. The van der Waals surface area contributed by atoms with E-state index in [1.54, 1.807) is 24.3 Å². The molecule has 2 aromatic carbocycles. The maximum Gasteiger partial charge on any atom is 0.573 e. The summed E-state index contributed by atoms with van der Waals surface area (Å²) in [6, 6.07) is 12.1. The topological polar surface area (TPSA) is 73.6 Å². The van der Waals surface area contributed by atoms with E-state index in [-0.39, 0.29) is 18.0 Å². The molecule has 30 heavy (non-hydrogen) atoms. The third kappa shape index (κ3) is 6.00. The van der Waals surface area contributed by atoms with Crippen molar-refractivity contribution in [2.75, 3.05) is 5.32 Å². The molecule has 1 heterocycles. The highest BCUT2D eigenvalue weighted by molar-refractivity contribution is 5.92. The molecule has 3 aromatic rings. The molecule has 1 N–H and O–H groups in total. The normalized spacial score (nSPS) is 11.2. The summed E-state index contributed by atoms with van der Waals surface area (Å²) >= 11 is 0. The number of anilines is 1. The number of rotatable bonds is 7. The standard InChI is InChI=1S/C21H19F3N2O4/c1-13-19(14(2)30-26-13)12-28-17-8-6-15(7-9-17)10-20(27)25-16-4-3-5-18(11-16)29-21(22,23)24/h3-9,11H,10,12H2,1-2H3,(H,25,27). The molecule has 0 atom stereocenters. The Hall–Kier alpha value is -3.49. The maximum atomic E-state index is 12.3. The van der Waals surface area contributed by atoms with Crippen LogP contribution >= 0.6 is 0 Å². The van der Waals surface area contributed by atoms with Gasteiger partial charge < -0.3 is 19.3 Å². The summed E-state index contributed by atoms with van der Waals surface area (Å²) in [5, 5.41) is 6.42.